The topological polar surface area (TPSA) is 59.1 Å². The Bertz CT molecular complexity index is 478. The molecule has 1 aromatic rings. The van der Waals surface area contributed by atoms with Crippen molar-refractivity contribution < 1.29 is 8.42 Å². The van der Waals surface area contributed by atoms with Crippen molar-refractivity contribution in [2.75, 3.05) is 11.0 Å². The van der Waals surface area contributed by atoms with Crippen LogP contribution in [0.5, 0.6) is 0 Å². The van der Waals surface area contributed by atoms with Gasteiger partial charge in [-0.2, -0.15) is 0 Å². The molecule has 0 radical (unpaired) electrons. The molecule has 0 bridgehead atoms. The zero-order valence-electron chi connectivity index (χ0n) is 8.98. The van der Waals surface area contributed by atoms with E-state index in [9.17, 15) is 8.42 Å². The van der Waals surface area contributed by atoms with Crippen LogP contribution in [0.1, 0.15) is 18.2 Å². The van der Waals surface area contributed by atoms with Crippen LogP contribution in [0.25, 0.3) is 6.08 Å². The van der Waals surface area contributed by atoms with Gasteiger partial charge in [0.25, 0.3) is 0 Å². The van der Waals surface area contributed by atoms with Crippen molar-refractivity contribution in [3.05, 3.63) is 29.6 Å². The number of hydrogen-bond acceptors (Lipinski definition) is 3. The summed E-state index contributed by atoms with van der Waals surface area (Å²) in [5, 5.41) is 0. The van der Waals surface area contributed by atoms with Crippen molar-refractivity contribution in [3.63, 3.8) is 0 Å². The maximum atomic E-state index is 11.0. The first-order chi connectivity index (χ1) is 6.92. The van der Waals surface area contributed by atoms with Crippen LogP contribution >= 0.6 is 0 Å². The van der Waals surface area contributed by atoms with Gasteiger partial charge in [-0.15, -0.1) is 0 Å². The number of allylic oxidation sites excluding steroid dienone is 1. The molecule has 1 aromatic heterocycles. The largest absolute Gasteiger partial charge is 0.282 e. The van der Waals surface area contributed by atoms with Crippen LogP contribution in [0, 0.1) is 6.92 Å². The maximum absolute atomic E-state index is 11.0. The highest BCUT2D eigenvalue weighted by atomic mass is 32.2. The van der Waals surface area contributed by atoms with E-state index in [0.29, 0.717) is 5.69 Å². The fraction of sp³-hybridized carbons (Fsp3) is 0.300. The number of nitrogens with zero attached hydrogens (tertiary/aromatic N) is 1. The van der Waals surface area contributed by atoms with E-state index in [0.717, 1.165) is 17.5 Å². The molecular weight excluding hydrogens is 212 g/mol. The Morgan fingerprint density at radius 2 is 2.13 bits per heavy atom. The average Bonchev–Trinajstić information content (AvgIpc) is 2.07. The first kappa shape index (κ1) is 11.7. The first-order valence-electron chi connectivity index (χ1n) is 4.49. The summed E-state index contributed by atoms with van der Waals surface area (Å²) in [4.78, 5) is 4.14. The Morgan fingerprint density at radius 3 is 2.60 bits per heavy atom. The van der Waals surface area contributed by atoms with Crippen molar-refractivity contribution in [2.45, 2.75) is 13.8 Å². The summed E-state index contributed by atoms with van der Waals surface area (Å²) in [5.74, 6) is 0. The third kappa shape index (κ3) is 3.71. The Morgan fingerprint density at radius 1 is 1.47 bits per heavy atom. The highest BCUT2D eigenvalue weighted by Gasteiger charge is 2.03. The van der Waals surface area contributed by atoms with E-state index in [-0.39, 0.29) is 0 Å². The summed E-state index contributed by atoms with van der Waals surface area (Å²) in [6, 6.07) is 1.75. The summed E-state index contributed by atoms with van der Waals surface area (Å²) in [5.41, 5.74) is 2.27. The second-order valence-electron chi connectivity index (χ2n) is 3.30. The van der Waals surface area contributed by atoms with Crippen LogP contribution in [0.4, 0.5) is 5.69 Å². The third-order valence-corrected chi connectivity index (χ3v) is 2.35. The molecule has 1 heterocycles. The Kier molecular flexibility index (Phi) is 3.47. The number of nitrogens with one attached hydrogen (secondary N) is 1. The van der Waals surface area contributed by atoms with Crippen LogP contribution in [-0.4, -0.2) is 19.7 Å². The Labute approximate surface area is 90.1 Å². The van der Waals surface area contributed by atoms with Crippen molar-refractivity contribution in [3.8, 4) is 0 Å². The van der Waals surface area contributed by atoms with Crippen LogP contribution in [-0.2, 0) is 10.0 Å². The molecule has 0 aliphatic heterocycles. The standard InChI is InChI=1S/C10H14N2O2S/c1-4-5-10-8(2)6-9(7-11-10)12-15(3,13)14/h4-7,12H,1-3H3/b5-4+. The lowest BCUT2D eigenvalue weighted by Crippen LogP contribution is -2.10. The van der Waals surface area contributed by atoms with Gasteiger partial charge in [-0.25, -0.2) is 8.42 Å². The molecule has 15 heavy (non-hydrogen) atoms. The Hall–Kier alpha value is -1.36. The van der Waals surface area contributed by atoms with E-state index in [1.54, 1.807) is 6.07 Å². The number of hydrogen-bond donors (Lipinski definition) is 1. The van der Waals surface area contributed by atoms with Gasteiger partial charge in [0, 0.05) is 0 Å². The van der Waals surface area contributed by atoms with Crippen LogP contribution in [0.2, 0.25) is 0 Å². The summed E-state index contributed by atoms with van der Waals surface area (Å²) >= 11 is 0. The highest BCUT2D eigenvalue weighted by molar-refractivity contribution is 7.92. The predicted octanol–water partition coefficient (Wildman–Crippen LogP) is 1.79. The second-order valence-corrected chi connectivity index (χ2v) is 5.05. The molecular formula is C10H14N2O2S. The molecule has 0 fully saturated rings. The molecule has 1 N–H and O–H groups in total. The van der Waals surface area contributed by atoms with E-state index < -0.39 is 10.0 Å². The molecule has 4 nitrogen and oxygen atoms in total. The number of aryl methyl sites for hydroxylation is 1. The molecule has 1 rings (SSSR count). The second kappa shape index (κ2) is 4.44. The SMILES string of the molecule is C/C=C/c1ncc(NS(C)(=O)=O)cc1C. The van der Waals surface area contributed by atoms with E-state index >= 15 is 0 Å². The fourth-order valence-corrected chi connectivity index (χ4v) is 1.73. The van der Waals surface area contributed by atoms with E-state index in [1.165, 1.54) is 6.20 Å². The van der Waals surface area contributed by atoms with E-state index in [2.05, 4.69) is 9.71 Å². The lowest BCUT2D eigenvalue weighted by Gasteiger charge is -2.05. The normalized spacial score (nSPS) is 11.9. The highest BCUT2D eigenvalue weighted by Crippen LogP contribution is 2.14. The van der Waals surface area contributed by atoms with Crippen LogP contribution < -0.4 is 4.72 Å². The molecule has 0 saturated carbocycles. The molecule has 0 atom stereocenters. The summed E-state index contributed by atoms with van der Waals surface area (Å²) in [7, 11) is -3.23. The lowest BCUT2D eigenvalue weighted by molar-refractivity contribution is 0.607. The van der Waals surface area contributed by atoms with Crippen molar-refractivity contribution in [1.29, 1.82) is 0 Å². The summed E-state index contributed by atoms with van der Waals surface area (Å²) < 4.78 is 24.3. The lowest BCUT2D eigenvalue weighted by atomic mass is 10.2. The van der Waals surface area contributed by atoms with Gasteiger partial charge in [0.2, 0.25) is 10.0 Å². The van der Waals surface area contributed by atoms with Gasteiger partial charge in [-0.1, -0.05) is 6.08 Å². The molecule has 0 spiro atoms. The van der Waals surface area contributed by atoms with Crippen molar-refractivity contribution in [1.82, 2.24) is 4.98 Å². The minimum atomic E-state index is -3.23. The van der Waals surface area contributed by atoms with Gasteiger partial charge in [0.1, 0.15) is 0 Å². The molecule has 0 amide bonds. The number of sulfonamides is 1. The molecule has 0 unspecified atom stereocenters. The minimum Gasteiger partial charge on any atom is -0.282 e. The molecule has 0 aromatic carbocycles. The number of aromatic nitrogens is 1. The average molecular weight is 226 g/mol. The third-order valence-electron chi connectivity index (χ3n) is 1.75. The van der Waals surface area contributed by atoms with Crippen LogP contribution in [0.15, 0.2) is 18.3 Å². The minimum absolute atomic E-state index is 0.489. The van der Waals surface area contributed by atoms with E-state index in [1.807, 2.05) is 26.0 Å². The molecule has 5 heteroatoms. The summed E-state index contributed by atoms with van der Waals surface area (Å²) in [6.07, 6.45) is 6.38. The van der Waals surface area contributed by atoms with Gasteiger partial charge < -0.3 is 0 Å². The smallest absolute Gasteiger partial charge is 0.229 e. The number of anilines is 1. The molecule has 0 aliphatic rings. The monoisotopic (exact) mass is 226 g/mol. The van der Waals surface area contributed by atoms with Gasteiger partial charge in [-0.05, 0) is 31.6 Å². The predicted molar refractivity (Wildman–Crippen MR) is 62.1 cm³/mol. The van der Waals surface area contributed by atoms with Crippen molar-refractivity contribution in [2.24, 2.45) is 0 Å². The zero-order valence-corrected chi connectivity index (χ0v) is 9.80. The molecule has 0 aliphatic carbocycles. The van der Waals surface area contributed by atoms with Gasteiger partial charge in [-0.3, -0.25) is 9.71 Å². The first-order valence-corrected chi connectivity index (χ1v) is 6.38. The fourth-order valence-electron chi connectivity index (χ4n) is 1.19. The van der Waals surface area contributed by atoms with Gasteiger partial charge in [0.05, 0.1) is 23.8 Å². The van der Waals surface area contributed by atoms with E-state index in [4.69, 9.17) is 0 Å². The summed E-state index contributed by atoms with van der Waals surface area (Å²) in [6.45, 7) is 3.79. The van der Waals surface area contributed by atoms with Gasteiger partial charge >= 0.3 is 0 Å². The molecule has 0 saturated heterocycles. The number of pyridine rings is 1. The zero-order chi connectivity index (χ0) is 11.5. The Balaban J connectivity index is 3.02. The quantitative estimate of drug-likeness (QED) is 0.854. The number of rotatable bonds is 3. The van der Waals surface area contributed by atoms with Crippen molar-refractivity contribution >= 4 is 21.8 Å². The van der Waals surface area contributed by atoms with Gasteiger partial charge in [0.15, 0.2) is 0 Å². The van der Waals surface area contributed by atoms with Crippen LogP contribution in [0.3, 0.4) is 0 Å². The molecule has 82 valence electrons. The maximum Gasteiger partial charge on any atom is 0.229 e.